The number of nitrogens with zero attached hydrogens (tertiary/aromatic N) is 1. The Bertz CT molecular complexity index is 693. The van der Waals surface area contributed by atoms with Gasteiger partial charge in [0.2, 0.25) is 0 Å². The minimum absolute atomic E-state index is 0.682. The Labute approximate surface area is 207 Å². The highest BCUT2D eigenvalue weighted by atomic mass is 28.3. The van der Waals surface area contributed by atoms with Crippen molar-refractivity contribution < 1.29 is 0 Å². The number of anilines is 1. The maximum atomic E-state index is 4.55. The molecule has 4 unspecified atom stereocenters. The summed E-state index contributed by atoms with van der Waals surface area (Å²) in [6.45, 7) is 12.9. The average molecular weight is 471 g/mol. The van der Waals surface area contributed by atoms with Crippen LogP contribution in [0.1, 0.15) is 98.3 Å². The van der Waals surface area contributed by atoms with E-state index in [4.69, 9.17) is 0 Å². The van der Waals surface area contributed by atoms with E-state index in [1.807, 2.05) is 0 Å². The fourth-order valence-corrected chi connectivity index (χ4v) is 13.4. The summed E-state index contributed by atoms with van der Waals surface area (Å²) in [5, 5.41) is 1.64. The third kappa shape index (κ3) is 6.26. The number of benzene rings is 1. The van der Waals surface area contributed by atoms with Gasteiger partial charge in [-0.3, -0.25) is 0 Å². The Morgan fingerprint density at radius 2 is 1.15 bits per heavy atom. The first-order valence-corrected chi connectivity index (χ1v) is 16.9. The SMILES string of the molecule is CC1C(C)C(C)C([Si@@](C)(NC2CCCCCCCCCCC2)c2ccccc2N(C)C)C1C. The lowest BCUT2D eigenvalue weighted by Gasteiger charge is -2.44. The molecule has 3 rings (SSSR count). The molecule has 2 nitrogen and oxygen atoms in total. The van der Waals surface area contributed by atoms with Crippen LogP contribution >= 0.6 is 0 Å². The number of hydrogen-bond donors (Lipinski definition) is 1. The van der Waals surface area contributed by atoms with Gasteiger partial charge >= 0.3 is 0 Å². The Hall–Kier alpha value is -0.803. The van der Waals surface area contributed by atoms with Crippen LogP contribution < -0.4 is 15.1 Å². The van der Waals surface area contributed by atoms with E-state index in [9.17, 15) is 0 Å². The predicted molar refractivity (Wildman–Crippen MR) is 150 cm³/mol. The molecule has 5 atom stereocenters. The van der Waals surface area contributed by atoms with Gasteiger partial charge < -0.3 is 9.88 Å². The van der Waals surface area contributed by atoms with Crippen molar-refractivity contribution in [2.24, 2.45) is 23.7 Å². The highest BCUT2D eigenvalue weighted by molar-refractivity contribution is 6.91. The maximum Gasteiger partial charge on any atom is 0.161 e. The van der Waals surface area contributed by atoms with E-state index in [0.717, 1.165) is 29.2 Å². The first-order chi connectivity index (χ1) is 15.8. The van der Waals surface area contributed by atoms with Gasteiger partial charge in [-0.05, 0) is 53.3 Å². The molecule has 0 aliphatic heterocycles. The van der Waals surface area contributed by atoms with Gasteiger partial charge in [-0.15, -0.1) is 0 Å². The van der Waals surface area contributed by atoms with Crippen molar-refractivity contribution in [1.29, 1.82) is 0 Å². The van der Waals surface area contributed by atoms with Crippen molar-refractivity contribution in [1.82, 2.24) is 4.98 Å². The first kappa shape index (κ1) is 26.8. The Morgan fingerprint density at radius 1 is 0.697 bits per heavy atom. The lowest BCUT2D eigenvalue weighted by atomic mass is 9.92. The van der Waals surface area contributed by atoms with Crippen LogP contribution in [-0.2, 0) is 0 Å². The third-order valence-corrected chi connectivity index (χ3v) is 14.8. The van der Waals surface area contributed by atoms with Gasteiger partial charge in [-0.25, -0.2) is 0 Å². The minimum Gasteiger partial charge on any atom is -0.378 e. The standard InChI is InChI=1S/C30H54N2Si/c1-23-24(2)26(4)30(25(23)3)33(7,29-22-18-17-21-28(29)32(5)6)31-27-19-15-13-11-9-8-10-12-14-16-20-27/h17-18,21-27,30-31H,8-16,19-20H2,1-7H3/t23?,24?,25?,26?,30?,33-/m0/s1. The van der Waals surface area contributed by atoms with Crippen molar-refractivity contribution in [2.75, 3.05) is 19.0 Å². The molecule has 0 saturated heterocycles. The highest BCUT2D eigenvalue weighted by Crippen LogP contribution is 2.53. The molecule has 2 aliphatic carbocycles. The van der Waals surface area contributed by atoms with Gasteiger partial charge in [0, 0.05) is 25.8 Å². The zero-order chi connectivity index (χ0) is 24.0. The summed E-state index contributed by atoms with van der Waals surface area (Å²) in [5.41, 5.74) is 2.23. The van der Waals surface area contributed by atoms with E-state index in [1.54, 1.807) is 5.19 Å². The van der Waals surface area contributed by atoms with Crippen molar-refractivity contribution in [3.8, 4) is 0 Å². The van der Waals surface area contributed by atoms with Crippen LogP contribution in [0.3, 0.4) is 0 Å². The summed E-state index contributed by atoms with van der Waals surface area (Å²) >= 11 is 0. The fourth-order valence-electron chi connectivity index (χ4n) is 7.53. The summed E-state index contributed by atoms with van der Waals surface area (Å²) in [7, 11) is 2.49. The Morgan fingerprint density at radius 3 is 1.64 bits per heavy atom. The van der Waals surface area contributed by atoms with Gasteiger partial charge in [-0.2, -0.15) is 0 Å². The number of para-hydroxylation sites is 1. The topological polar surface area (TPSA) is 15.3 Å². The smallest absolute Gasteiger partial charge is 0.161 e. The first-order valence-electron chi connectivity index (χ1n) is 14.3. The largest absolute Gasteiger partial charge is 0.378 e. The van der Waals surface area contributed by atoms with Crippen molar-refractivity contribution in [2.45, 2.75) is 116 Å². The molecule has 0 bridgehead atoms. The lowest BCUT2D eigenvalue weighted by molar-refractivity contribution is 0.352. The maximum absolute atomic E-state index is 4.55. The zero-order valence-corrected chi connectivity index (χ0v) is 24.0. The summed E-state index contributed by atoms with van der Waals surface area (Å²) < 4.78 is 0. The van der Waals surface area contributed by atoms with E-state index in [-0.39, 0.29) is 0 Å². The quantitative estimate of drug-likeness (QED) is 0.443. The molecule has 1 aromatic rings. The molecule has 0 amide bonds. The lowest BCUT2D eigenvalue weighted by Crippen LogP contribution is -2.66. The average Bonchev–Trinajstić information content (AvgIpc) is 2.98. The summed E-state index contributed by atoms with van der Waals surface area (Å²) in [4.78, 5) is 6.91. The second-order valence-corrected chi connectivity index (χ2v) is 16.1. The van der Waals surface area contributed by atoms with Gasteiger partial charge in [0.05, 0.1) is 0 Å². The highest BCUT2D eigenvalue weighted by Gasteiger charge is 2.53. The number of nitrogens with one attached hydrogen (secondary N) is 1. The molecule has 3 heteroatoms. The van der Waals surface area contributed by atoms with Crippen molar-refractivity contribution in [3.05, 3.63) is 24.3 Å². The van der Waals surface area contributed by atoms with Crippen LogP contribution in [0.25, 0.3) is 0 Å². The molecule has 1 aromatic carbocycles. The summed E-state index contributed by atoms with van der Waals surface area (Å²) in [6.07, 6.45) is 15.6. The van der Waals surface area contributed by atoms with Gasteiger partial charge in [0.15, 0.2) is 8.24 Å². The van der Waals surface area contributed by atoms with E-state index < -0.39 is 8.24 Å². The monoisotopic (exact) mass is 470 g/mol. The molecule has 2 aliphatic rings. The molecule has 0 spiro atoms. The molecular formula is C30H54N2Si. The normalized spacial score (nSPS) is 32.5. The molecular weight excluding hydrogens is 416 g/mol. The Balaban J connectivity index is 1.96. The van der Waals surface area contributed by atoms with E-state index in [1.165, 1.54) is 76.3 Å². The van der Waals surface area contributed by atoms with Crippen LogP contribution in [0.5, 0.6) is 0 Å². The predicted octanol–water partition coefficient (Wildman–Crippen LogP) is 7.73. The van der Waals surface area contributed by atoms with Crippen LogP contribution in [0, 0.1) is 23.7 Å². The summed E-state index contributed by atoms with van der Waals surface area (Å²) in [5.74, 6) is 3.17. The van der Waals surface area contributed by atoms with Crippen LogP contribution in [-0.4, -0.2) is 28.4 Å². The van der Waals surface area contributed by atoms with Gasteiger partial charge in [0.1, 0.15) is 0 Å². The fraction of sp³-hybridized carbons (Fsp3) is 0.800. The second-order valence-electron chi connectivity index (χ2n) is 12.2. The van der Waals surface area contributed by atoms with Crippen LogP contribution in [0.4, 0.5) is 5.69 Å². The minimum atomic E-state index is -1.98. The number of hydrogen-bond acceptors (Lipinski definition) is 2. The molecule has 0 radical (unpaired) electrons. The molecule has 2 fully saturated rings. The Kier molecular flexibility index (Phi) is 9.94. The van der Waals surface area contributed by atoms with E-state index in [2.05, 4.69) is 82.5 Å². The van der Waals surface area contributed by atoms with Crippen molar-refractivity contribution in [3.63, 3.8) is 0 Å². The van der Waals surface area contributed by atoms with Gasteiger partial charge in [0.25, 0.3) is 0 Å². The van der Waals surface area contributed by atoms with Gasteiger partial charge in [-0.1, -0.05) is 110 Å². The van der Waals surface area contributed by atoms with Crippen LogP contribution in [0.2, 0.25) is 12.1 Å². The van der Waals surface area contributed by atoms with Crippen molar-refractivity contribution >= 4 is 19.1 Å². The molecule has 33 heavy (non-hydrogen) atoms. The molecule has 0 heterocycles. The second kappa shape index (κ2) is 12.2. The molecule has 188 valence electrons. The number of rotatable bonds is 5. The van der Waals surface area contributed by atoms with Crippen LogP contribution in [0.15, 0.2) is 24.3 Å². The van der Waals surface area contributed by atoms with E-state index >= 15 is 0 Å². The molecule has 1 N–H and O–H groups in total. The van der Waals surface area contributed by atoms with E-state index in [0.29, 0.717) is 6.04 Å². The molecule has 0 aromatic heterocycles. The third-order valence-electron chi connectivity index (χ3n) is 9.84. The summed E-state index contributed by atoms with van der Waals surface area (Å²) in [6, 6.07) is 10.1. The zero-order valence-electron chi connectivity index (χ0n) is 23.0. The molecule has 2 saturated carbocycles.